The van der Waals surface area contributed by atoms with E-state index < -0.39 is 4.92 Å². The van der Waals surface area contributed by atoms with E-state index in [-0.39, 0.29) is 23.5 Å². The van der Waals surface area contributed by atoms with Crippen molar-refractivity contribution in [3.05, 3.63) is 88.5 Å². The van der Waals surface area contributed by atoms with Gasteiger partial charge in [0.05, 0.1) is 25.4 Å². The number of hydrogen-bond donors (Lipinski definition) is 3. The number of anilines is 5. The number of hydrazone groups is 1. The molecule has 0 atom stereocenters. The average molecular weight is 486 g/mol. The van der Waals surface area contributed by atoms with E-state index in [1.54, 1.807) is 44.7 Å². The lowest BCUT2D eigenvalue weighted by molar-refractivity contribution is -0.384. The second kappa shape index (κ2) is 11.2. The highest BCUT2D eigenvalue weighted by Crippen LogP contribution is 2.22. The molecule has 0 aliphatic carbocycles. The summed E-state index contributed by atoms with van der Waals surface area (Å²) in [5.74, 6) is 1.99. The Bertz CT molecular complexity index is 1360. The molecule has 182 valence electrons. The number of nitro benzene ring substituents is 1. The molecule has 4 rings (SSSR count). The maximum Gasteiger partial charge on any atom is 0.269 e. The Hall–Kier alpha value is -5.26. The van der Waals surface area contributed by atoms with Crippen molar-refractivity contribution in [1.29, 1.82) is 0 Å². The SMILES string of the molecule is COc1ccc(Nc2nc(NN=Cc3ccccc3OC)nc(Nc3ccc([N+](=O)[O-])cc3)n2)cc1. The molecule has 1 heterocycles. The number of nitro groups is 1. The topological polar surface area (TPSA) is 149 Å². The quantitative estimate of drug-likeness (QED) is 0.163. The van der Waals surface area contributed by atoms with Gasteiger partial charge in [-0.2, -0.15) is 20.1 Å². The summed E-state index contributed by atoms with van der Waals surface area (Å²) in [6, 6.07) is 20.6. The van der Waals surface area contributed by atoms with Gasteiger partial charge in [0.1, 0.15) is 11.5 Å². The van der Waals surface area contributed by atoms with E-state index in [4.69, 9.17) is 9.47 Å². The zero-order chi connectivity index (χ0) is 25.3. The number of rotatable bonds is 10. The fourth-order valence-corrected chi connectivity index (χ4v) is 3.07. The van der Waals surface area contributed by atoms with Crippen molar-refractivity contribution in [2.75, 3.05) is 30.3 Å². The van der Waals surface area contributed by atoms with Crippen LogP contribution in [-0.2, 0) is 0 Å². The van der Waals surface area contributed by atoms with Crippen LogP contribution in [0.15, 0.2) is 77.9 Å². The van der Waals surface area contributed by atoms with Crippen molar-refractivity contribution in [1.82, 2.24) is 15.0 Å². The third kappa shape index (κ3) is 6.20. The minimum atomic E-state index is -0.467. The first kappa shape index (κ1) is 23.9. The van der Waals surface area contributed by atoms with Crippen LogP contribution in [0.5, 0.6) is 11.5 Å². The lowest BCUT2D eigenvalue weighted by atomic mass is 10.2. The summed E-state index contributed by atoms with van der Waals surface area (Å²) in [7, 11) is 3.17. The van der Waals surface area contributed by atoms with Crippen LogP contribution < -0.4 is 25.5 Å². The van der Waals surface area contributed by atoms with Crippen LogP contribution in [0.3, 0.4) is 0 Å². The number of non-ortho nitro benzene ring substituents is 1. The van der Waals surface area contributed by atoms with Crippen molar-refractivity contribution < 1.29 is 14.4 Å². The second-order valence-corrected chi connectivity index (χ2v) is 7.20. The molecule has 0 bridgehead atoms. The van der Waals surface area contributed by atoms with Crippen molar-refractivity contribution >= 4 is 41.1 Å². The monoisotopic (exact) mass is 486 g/mol. The molecule has 0 unspecified atom stereocenters. The highest BCUT2D eigenvalue weighted by Gasteiger charge is 2.10. The number of aromatic nitrogens is 3. The Morgan fingerprint density at radius 3 is 1.97 bits per heavy atom. The zero-order valence-electron chi connectivity index (χ0n) is 19.4. The van der Waals surface area contributed by atoms with Gasteiger partial charge in [-0.05, 0) is 48.5 Å². The molecule has 1 aromatic heterocycles. The van der Waals surface area contributed by atoms with Crippen LogP contribution in [0.25, 0.3) is 0 Å². The lowest BCUT2D eigenvalue weighted by Crippen LogP contribution is -2.07. The van der Waals surface area contributed by atoms with E-state index >= 15 is 0 Å². The van der Waals surface area contributed by atoms with Gasteiger partial charge in [-0.15, -0.1) is 0 Å². The van der Waals surface area contributed by atoms with Gasteiger partial charge in [-0.1, -0.05) is 12.1 Å². The summed E-state index contributed by atoms with van der Waals surface area (Å²) in [4.78, 5) is 23.6. The van der Waals surface area contributed by atoms with Gasteiger partial charge in [-0.25, -0.2) is 5.43 Å². The standard InChI is InChI=1S/C24H22N8O4/c1-35-20-13-9-18(10-14-20)27-23-28-22(26-17-7-11-19(12-8-17)32(33)34)29-24(30-23)31-25-15-16-5-3-4-6-21(16)36-2/h3-15H,1-2H3,(H3,26,27,28,29,30,31). The molecule has 3 N–H and O–H groups in total. The molecule has 12 heteroatoms. The van der Waals surface area contributed by atoms with Crippen molar-refractivity contribution in [2.24, 2.45) is 5.10 Å². The van der Waals surface area contributed by atoms with E-state index in [1.807, 2.05) is 36.4 Å². The Labute approximate surface area is 206 Å². The van der Waals surface area contributed by atoms with Crippen LogP contribution >= 0.6 is 0 Å². The highest BCUT2D eigenvalue weighted by atomic mass is 16.6. The van der Waals surface area contributed by atoms with Gasteiger partial charge in [0, 0.05) is 29.1 Å². The molecule has 0 saturated heterocycles. The fraction of sp³-hybridized carbons (Fsp3) is 0.0833. The van der Waals surface area contributed by atoms with E-state index in [0.717, 1.165) is 11.3 Å². The third-order valence-corrected chi connectivity index (χ3v) is 4.82. The Kier molecular flexibility index (Phi) is 7.46. The summed E-state index contributed by atoms with van der Waals surface area (Å²) in [5.41, 5.74) is 4.83. The fourth-order valence-electron chi connectivity index (χ4n) is 3.07. The average Bonchev–Trinajstić information content (AvgIpc) is 2.89. The molecule has 0 spiro atoms. The first-order valence-electron chi connectivity index (χ1n) is 10.6. The minimum absolute atomic E-state index is 0.0221. The third-order valence-electron chi connectivity index (χ3n) is 4.82. The Morgan fingerprint density at radius 1 is 0.806 bits per heavy atom. The van der Waals surface area contributed by atoms with Gasteiger partial charge in [-0.3, -0.25) is 10.1 Å². The Morgan fingerprint density at radius 2 is 1.39 bits per heavy atom. The van der Waals surface area contributed by atoms with Crippen molar-refractivity contribution in [3.8, 4) is 11.5 Å². The zero-order valence-corrected chi connectivity index (χ0v) is 19.4. The summed E-state index contributed by atoms with van der Waals surface area (Å²) in [6.07, 6.45) is 1.59. The van der Waals surface area contributed by atoms with E-state index in [9.17, 15) is 10.1 Å². The molecule has 0 aliphatic heterocycles. The second-order valence-electron chi connectivity index (χ2n) is 7.20. The number of nitrogens with zero attached hydrogens (tertiary/aromatic N) is 5. The highest BCUT2D eigenvalue weighted by molar-refractivity contribution is 5.83. The number of nitrogens with one attached hydrogen (secondary N) is 3. The molecular weight excluding hydrogens is 464 g/mol. The molecule has 0 radical (unpaired) electrons. The van der Waals surface area contributed by atoms with Crippen LogP contribution in [0, 0.1) is 10.1 Å². The van der Waals surface area contributed by atoms with Crippen molar-refractivity contribution in [2.45, 2.75) is 0 Å². The van der Waals surface area contributed by atoms with Crippen molar-refractivity contribution in [3.63, 3.8) is 0 Å². The maximum absolute atomic E-state index is 10.9. The van der Waals surface area contributed by atoms with E-state index in [1.165, 1.54) is 12.1 Å². The molecular formula is C24H22N8O4. The van der Waals surface area contributed by atoms with E-state index in [0.29, 0.717) is 17.2 Å². The van der Waals surface area contributed by atoms with Crippen LogP contribution in [0.4, 0.5) is 34.9 Å². The first-order chi connectivity index (χ1) is 17.5. The first-order valence-corrected chi connectivity index (χ1v) is 10.6. The lowest BCUT2D eigenvalue weighted by Gasteiger charge is -2.10. The van der Waals surface area contributed by atoms with Crippen LogP contribution in [-0.4, -0.2) is 40.3 Å². The smallest absolute Gasteiger partial charge is 0.269 e. The van der Waals surface area contributed by atoms with Crippen LogP contribution in [0.1, 0.15) is 5.56 Å². The van der Waals surface area contributed by atoms with Crippen LogP contribution in [0.2, 0.25) is 0 Å². The minimum Gasteiger partial charge on any atom is -0.497 e. The molecule has 0 fully saturated rings. The summed E-state index contributed by atoms with van der Waals surface area (Å²) in [6.45, 7) is 0. The molecule has 0 saturated carbocycles. The number of benzene rings is 3. The molecule has 3 aromatic carbocycles. The van der Waals surface area contributed by atoms with E-state index in [2.05, 4.69) is 36.1 Å². The van der Waals surface area contributed by atoms with Gasteiger partial charge >= 0.3 is 0 Å². The number of para-hydroxylation sites is 1. The summed E-state index contributed by atoms with van der Waals surface area (Å²) < 4.78 is 10.5. The number of hydrogen-bond acceptors (Lipinski definition) is 11. The molecule has 4 aromatic rings. The van der Waals surface area contributed by atoms with Gasteiger partial charge in [0.15, 0.2) is 0 Å². The largest absolute Gasteiger partial charge is 0.497 e. The predicted molar refractivity (Wildman–Crippen MR) is 137 cm³/mol. The van der Waals surface area contributed by atoms with Gasteiger partial charge in [0.25, 0.3) is 5.69 Å². The van der Waals surface area contributed by atoms with Gasteiger partial charge < -0.3 is 20.1 Å². The molecule has 0 aliphatic rings. The molecule has 36 heavy (non-hydrogen) atoms. The molecule has 12 nitrogen and oxygen atoms in total. The Balaban J connectivity index is 1.59. The summed E-state index contributed by atoms with van der Waals surface area (Å²) in [5, 5.41) is 21.3. The van der Waals surface area contributed by atoms with Gasteiger partial charge in [0.2, 0.25) is 17.8 Å². The number of methoxy groups -OCH3 is 2. The predicted octanol–water partition coefficient (Wildman–Crippen LogP) is 4.73. The normalized spacial score (nSPS) is 10.6. The summed E-state index contributed by atoms with van der Waals surface area (Å²) >= 11 is 0. The number of ether oxygens (including phenoxy) is 2. The molecule has 0 amide bonds. The maximum atomic E-state index is 10.9.